The van der Waals surface area contributed by atoms with Crippen LogP contribution in [-0.2, 0) is 9.42 Å². The molecule has 1 heterocycles. The van der Waals surface area contributed by atoms with Crippen molar-refractivity contribution in [2.45, 2.75) is 18.9 Å². The van der Waals surface area contributed by atoms with Gasteiger partial charge in [-0.15, -0.1) is 0 Å². The Morgan fingerprint density at radius 3 is 3.00 bits per heavy atom. The number of nitrogens with zero attached hydrogens (tertiary/aromatic N) is 1. The van der Waals surface area contributed by atoms with Gasteiger partial charge in [0.1, 0.15) is 6.04 Å². The van der Waals surface area contributed by atoms with Crippen molar-refractivity contribution >= 4 is 21.1 Å². The van der Waals surface area contributed by atoms with E-state index in [-0.39, 0.29) is 0 Å². The zero-order valence-corrected chi connectivity index (χ0v) is 7.64. The van der Waals surface area contributed by atoms with Gasteiger partial charge in [0.25, 0.3) is 0 Å². The number of hydrogen-bond donors (Lipinski definition) is 2. The third-order valence-electron chi connectivity index (χ3n) is 1.75. The Hall–Kier alpha value is -0.670. The molecule has 68 valence electrons. The van der Waals surface area contributed by atoms with E-state index in [0.29, 0.717) is 19.4 Å². The number of carbonyl (C=O) groups is 1. The van der Waals surface area contributed by atoms with Crippen molar-refractivity contribution in [1.29, 1.82) is 0 Å². The first-order valence-electron chi connectivity index (χ1n) is 3.62. The Balaban J connectivity index is 2.39. The minimum atomic E-state index is -0.805. The van der Waals surface area contributed by atoms with Crippen molar-refractivity contribution in [3.63, 3.8) is 0 Å². The molecule has 0 aromatic heterocycles. The standard InChI is InChI=1S/C6H11N2O3P/c9-6(10)5-2-1-4(3-7-5)8-11-12/h5,7H,1-3,12H2,(H,9,10)/b8-4-/t5-/m0/s1. The highest BCUT2D eigenvalue weighted by Gasteiger charge is 2.22. The molecule has 0 amide bonds. The minimum Gasteiger partial charge on any atom is -0.480 e. The van der Waals surface area contributed by atoms with Gasteiger partial charge in [0.15, 0.2) is 0 Å². The van der Waals surface area contributed by atoms with Crippen molar-refractivity contribution < 1.29 is 14.5 Å². The number of carboxylic acid groups (broad SMARTS) is 1. The lowest BCUT2D eigenvalue weighted by Crippen LogP contribution is -2.44. The molecule has 2 atom stereocenters. The summed E-state index contributed by atoms with van der Waals surface area (Å²) in [6.45, 7) is 0.491. The summed E-state index contributed by atoms with van der Waals surface area (Å²) in [7, 11) is 2.02. The normalized spacial score (nSPS) is 27.1. The van der Waals surface area contributed by atoms with Gasteiger partial charge in [0.2, 0.25) is 0 Å². The predicted octanol–water partition coefficient (Wildman–Crippen LogP) is -0.0143. The van der Waals surface area contributed by atoms with Crippen LogP contribution in [0.5, 0.6) is 0 Å². The van der Waals surface area contributed by atoms with Crippen molar-refractivity contribution in [2.75, 3.05) is 6.54 Å². The molecule has 0 spiro atoms. The smallest absolute Gasteiger partial charge is 0.320 e. The molecule has 1 fully saturated rings. The topological polar surface area (TPSA) is 70.9 Å². The summed E-state index contributed by atoms with van der Waals surface area (Å²) in [4.78, 5) is 10.5. The fraction of sp³-hybridized carbons (Fsp3) is 0.667. The molecule has 1 aliphatic rings. The van der Waals surface area contributed by atoms with Gasteiger partial charge in [-0.1, -0.05) is 5.16 Å². The average molecular weight is 190 g/mol. The van der Waals surface area contributed by atoms with Gasteiger partial charge in [0.05, 0.1) is 15.2 Å². The molecule has 12 heavy (non-hydrogen) atoms. The molecule has 6 heteroatoms. The Morgan fingerprint density at radius 2 is 2.58 bits per heavy atom. The number of piperidine rings is 1. The van der Waals surface area contributed by atoms with E-state index in [1.807, 2.05) is 9.47 Å². The summed E-state index contributed by atoms with van der Waals surface area (Å²) >= 11 is 0. The Morgan fingerprint density at radius 1 is 1.83 bits per heavy atom. The van der Waals surface area contributed by atoms with E-state index in [1.54, 1.807) is 0 Å². The van der Waals surface area contributed by atoms with Crippen LogP contribution < -0.4 is 5.32 Å². The van der Waals surface area contributed by atoms with E-state index >= 15 is 0 Å². The first-order chi connectivity index (χ1) is 5.74. The maximum Gasteiger partial charge on any atom is 0.320 e. The van der Waals surface area contributed by atoms with Crippen LogP contribution in [0.2, 0.25) is 0 Å². The van der Waals surface area contributed by atoms with Crippen LogP contribution in [0, 0.1) is 0 Å². The lowest BCUT2D eigenvalue weighted by molar-refractivity contribution is -0.139. The number of oxime groups is 1. The second-order valence-electron chi connectivity index (χ2n) is 2.57. The van der Waals surface area contributed by atoms with E-state index in [0.717, 1.165) is 5.71 Å². The highest BCUT2D eigenvalue weighted by molar-refractivity contribution is 7.09. The summed E-state index contributed by atoms with van der Waals surface area (Å²) in [5.41, 5.74) is 0.850. The highest BCUT2D eigenvalue weighted by Crippen LogP contribution is 2.06. The van der Waals surface area contributed by atoms with Gasteiger partial charge in [-0.2, -0.15) is 0 Å². The van der Waals surface area contributed by atoms with Gasteiger partial charge >= 0.3 is 5.97 Å². The van der Waals surface area contributed by atoms with E-state index in [4.69, 9.17) is 5.11 Å². The monoisotopic (exact) mass is 190 g/mol. The fourth-order valence-electron chi connectivity index (χ4n) is 1.11. The molecule has 0 aliphatic carbocycles. The number of carboxylic acids is 1. The molecule has 1 unspecified atom stereocenters. The molecular formula is C6H11N2O3P. The molecule has 1 rings (SSSR count). The second-order valence-corrected chi connectivity index (χ2v) is 2.78. The summed E-state index contributed by atoms with van der Waals surface area (Å²) in [6, 6.07) is -0.437. The van der Waals surface area contributed by atoms with Crippen LogP contribution in [-0.4, -0.2) is 29.4 Å². The van der Waals surface area contributed by atoms with E-state index in [1.165, 1.54) is 0 Å². The fourth-order valence-corrected chi connectivity index (χ4v) is 1.25. The van der Waals surface area contributed by atoms with Gasteiger partial charge in [-0.25, -0.2) is 0 Å². The lowest BCUT2D eigenvalue weighted by Gasteiger charge is -2.20. The zero-order valence-electron chi connectivity index (χ0n) is 6.49. The van der Waals surface area contributed by atoms with Crippen LogP contribution in [0.15, 0.2) is 5.16 Å². The Labute approximate surface area is 72.4 Å². The average Bonchev–Trinajstić information content (AvgIpc) is 2.06. The van der Waals surface area contributed by atoms with Gasteiger partial charge in [-0.3, -0.25) is 10.1 Å². The number of aliphatic carboxylic acids is 1. The van der Waals surface area contributed by atoms with Gasteiger partial charge < -0.3 is 9.73 Å². The van der Waals surface area contributed by atoms with Crippen LogP contribution in [0.4, 0.5) is 0 Å². The largest absolute Gasteiger partial charge is 0.480 e. The summed E-state index contributed by atoms with van der Waals surface area (Å²) in [5, 5.41) is 15.2. The molecule has 0 saturated carbocycles. The molecule has 1 aliphatic heterocycles. The van der Waals surface area contributed by atoms with Gasteiger partial charge in [-0.05, 0) is 12.8 Å². The third kappa shape index (κ3) is 2.43. The second kappa shape index (κ2) is 4.38. The van der Waals surface area contributed by atoms with E-state index in [9.17, 15) is 4.79 Å². The summed E-state index contributed by atoms with van der Waals surface area (Å²) in [5.74, 6) is -0.805. The predicted molar refractivity (Wildman–Crippen MR) is 46.9 cm³/mol. The van der Waals surface area contributed by atoms with Crippen LogP contribution in [0.3, 0.4) is 0 Å². The van der Waals surface area contributed by atoms with Crippen molar-refractivity contribution in [1.82, 2.24) is 5.32 Å². The minimum absolute atomic E-state index is 0.437. The number of nitrogens with one attached hydrogen (secondary N) is 1. The van der Waals surface area contributed by atoms with Gasteiger partial charge in [0, 0.05) is 6.54 Å². The SMILES string of the molecule is O=C(O)[C@@H]1CC/C(=N/OP)CN1. The first kappa shape index (κ1) is 9.42. The molecule has 5 nitrogen and oxygen atoms in total. The maximum atomic E-state index is 10.5. The molecule has 0 aromatic carbocycles. The first-order valence-corrected chi connectivity index (χ1v) is 4.09. The Kier molecular flexibility index (Phi) is 3.44. The number of rotatable bonds is 2. The Bertz CT molecular complexity index is 197. The van der Waals surface area contributed by atoms with Crippen LogP contribution in [0.1, 0.15) is 12.8 Å². The summed E-state index contributed by atoms with van der Waals surface area (Å²) < 4.78 is 4.49. The van der Waals surface area contributed by atoms with Crippen LogP contribution in [0.25, 0.3) is 0 Å². The third-order valence-corrected chi connectivity index (χ3v) is 1.86. The number of hydrogen-bond acceptors (Lipinski definition) is 4. The quantitative estimate of drug-likeness (QED) is 0.474. The van der Waals surface area contributed by atoms with E-state index < -0.39 is 12.0 Å². The molecule has 0 bridgehead atoms. The van der Waals surface area contributed by atoms with Crippen molar-refractivity contribution in [3.8, 4) is 0 Å². The zero-order chi connectivity index (χ0) is 8.97. The molecular weight excluding hydrogens is 179 g/mol. The highest BCUT2D eigenvalue weighted by atomic mass is 31.0. The molecule has 2 N–H and O–H groups in total. The molecule has 0 aromatic rings. The van der Waals surface area contributed by atoms with Crippen molar-refractivity contribution in [2.24, 2.45) is 5.16 Å². The maximum absolute atomic E-state index is 10.5. The van der Waals surface area contributed by atoms with Crippen LogP contribution >= 0.6 is 9.47 Å². The summed E-state index contributed by atoms with van der Waals surface area (Å²) in [6.07, 6.45) is 1.25. The lowest BCUT2D eigenvalue weighted by atomic mass is 10.0. The molecule has 1 saturated heterocycles. The van der Waals surface area contributed by atoms with Crippen molar-refractivity contribution in [3.05, 3.63) is 0 Å². The molecule has 0 radical (unpaired) electrons. The van der Waals surface area contributed by atoms with E-state index in [2.05, 4.69) is 15.1 Å².